The van der Waals surface area contributed by atoms with Gasteiger partial charge >= 0.3 is 0 Å². The number of piperidine rings is 1. The molecule has 8 nitrogen and oxygen atoms in total. The van der Waals surface area contributed by atoms with Crippen LogP contribution in [0.2, 0.25) is 0 Å². The van der Waals surface area contributed by atoms with Gasteiger partial charge in [-0.2, -0.15) is 4.31 Å². The summed E-state index contributed by atoms with van der Waals surface area (Å²) in [4.78, 5) is 28.0. The van der Waals surface area contributed by atoms with Gasteiger partial charge in [-0.1, -0.05) is 24.6 Å². The number of nitrogens with one attached hydrogen (secondary N) is 2. The molecule has 0 bridgehead atoms. The van der Waals surface area contributed by atoms with Crippen LogP contribution in [0.4, 0.5) is 0 Å². The fourth-order valence-electron chi connectivity index (χ4n) is 4.27. The maximum Gasteiger partial charge on any atom is 0.252 e. The van der Waals surface area contributed by atoms with Crippen LogP contribution in [0.25, 0.3) is 10.9 Å². The average Bonchev–Trinajstić information content (AvgIpc) is 2.82. The fraction of sp³-hybridized carbons (Fsp3) is 0.333. The zero-order valence-corrected chi connectivity index (χ0v) is 19.4. The molecule has 9 heteroatoms. The summed E-state index contributed by atoms with van der Waals surface area (Å²) in [6.45, 7) is 2.58. The van der Waals surface area contributed by atoms with Gasteiger partial charge in [0.25, 0.3) is 5.91 Å². The van der Waals surface area contributed by atoms with Crippen LogP contribution < -0.4 is 15.6 Å². The smallest absolute Gasteiger partial charge is 0.252 e. The Balaban J connectivity index is 1.69. The molecule has 0 radical (unpaired) electrons. The largest absolute Gasteiger partial charge is 0.496 e. The number of benzene rings is 2. The molecule has 1 aromatic heterocycles. The van der Waals surface area contributed by atoms with Crippen LogP contribution in [0.3, 0.4) is 0 Å². The highest BCUT2D eigenvalue weighted by molar-refractivity contribution is 7.89. The van der Waals surface area contributed by atoms with Crippen LogP contribution in [-0.2, 0) is 16.6 Å². The van der Waals surface area contributed by atoms with Crippen molar-refractivity contribution >= 4 is 26.8 Å². The maximum atomic E-state index is 13.3. The summed E-state index contributed by atoms with van der Waals surface area (Å²) in [6.07, 6.45) is 2.64. The number of carbonyl (C=O) groups is 1. The standard InChI is InChI=1S/C24H27N3O5S/c1-16-7-5-6-12-27(16)33(30,31)18-10-11-21-19(13-18)20(14-23(28)26-21)24(29)25-15-17-8-3-4-9-22(17)32-2/h3-4,8-11,13-14,16H,5-7,12,15H2,1-2H3,(H,25,29)(H,26,28)/t16-/m1/s1. The lowest BCUT2D eigenvalue weighted by Gasteiger charge is -2.32. The molecule has 4 rings (SSSR count). The SMILES string of the molecule is COc1ccccc1CNC(=O)c1cc(=O)[nH]c2ccc(S(=O)(=O)N3CCCC[C@H]3C)cc12. The molecule has 0 saturated carbocycles. The predicted octanol–water partition coefficient (Wildman–Crippen LogP) is 3.03. The van der Waals surface area contributed by atoms with E-state index in [1.54, 1.807) is 13.2 Å². The zero-order chi connectivity index (χ0) is 23.6. The molecule has 1 saturated heterocycles. The monoisotopic (exact) mass is 469 g/mol. The van der Waals surface area contributed by atoms with Crippen LogP contribution in [0.15, 0.2) is 58.2 Å². The summed E-state index contributed by atoms with van der Waals surface area (Å²) in [5, 5.41) is 3.18. The Labute approximate surface area is 192 Å². The molecule has 1 amide bonds. The Morgan fingerprint density at radius 3 is 2.73 bits per heavy atom. The molecule has 0 aliphatic carbocycles. The number of amides is 1. The highest BCUT2D eigenvalue weighted by Crippen LogP contribution is 2.28. The van der Waals surface area contributed by atoms with E-state index in [2.05, 4.69) is 10.3 Å². The first-order chi connectivity index (χ1) is 15.8. The molecule has 1 aliphatic heterocycles. The van der Waals surface area contributed by atoms with E-state index in [-0.39, 0.29) is 23.0 Å². The molecule has 174 valence electrons. The minimum atomic E-state index is -3.73. The molecule has 1 aliphatic rings. The van der Waals surface area contributed by atoms with E-state index < -0.39 is 21.5 Å². The Bertz CT molecular complexity index is 1350. The molecule has 2 aromatic carbocycles. The van der Waals surface area contributed by atoms with Crippen molar-refractivity contribution < 1.29 is 17.9 Å². The van der Waals surface area contributed by atoms with Gasteiger partial charge in [0.1, 0.15) is 5.75 Å². The summed E-state index contributed by atoms with van der Waals surface area (Å²) in [5.41, 5.74) is 0.859. The number of pyridine rings is 1. The van der Waals surface area contributed by atoms with Crippen LogP contribution in [0.1, 0.15) is 42.1 Å². The van der Waals surface area contributed by atoms with Crippen molar-refractivity contribution in [2.45, 2.75) is 43.7 Å². The molecule has 0 spiro atoms. The van der Waals surface area contributed by atoms with Gasteiger partial charge in [0, 0.05) is 41.7 Å². The van der Waals surface area contributed by atoms with Gasteiger partial charge in [-0.3, -0.25) is 9.59 Å². The third-order valence-corrected chi connectivity index (χ3v) is 8.05. The molecule has 0 unspecified atom stereocenters. The van der Waals surface area contributed by atoms with Crippen molar-refractivity contribution in [1.29, 1.82) is 0 Å². The van der Waals surface area contributed by atoms with Crippen LogP contribution in [-0.4, -0.2) is 43.3 Å². The van der Waals surface area contributed by atoms with E-state index in [4.69, 9.17) is 4.74 Å². The number of hydrogen-bond acceptors (Lipinski definition) is 5. The number of sulfonamides is 1. The van der Waals surface area contributed by atoms with E-state index in [9.17, 15) is 18.0 Å². The van der Waals surface area contributed by atoms with Crippen LogP contribution >= 0.6 is 0 Å². The first kappa shape index (κ1) is 23.0. The Kier molecular flexibility index (Phi) is 6.53. The number of para-hydroxylation sites is 1. The van der Waals surface area contributed by atoms with Gasteiger partial charge in [-0.15, -0.1) is 0 Å². The normalized spacial score (nSPS) is 17.1. The summed E-state index contributed by atoms with van der Waals surface area (Å²) < 4.78 is 33.5. The average molecular weight is 470 g/mol. The number of aromatic amines is 1. The van der Waals surface area contributed by atoms with Gasteiger partial charge in [0.2, 0.25) is 15.6 Å². The molecular formula is C24H27N3O5S. The van der Waals surface area contributed by atoms with Crippen molar-refractivity contribution in [3.63, 3.8) is 0 Å². The van der Waals surface area contributed by atoms with Crippen molar-refractivity contribution in [3.05, 3.63) is 70.0 Å². The second kappa shape index (κ2) is 9.36. The van der Waals surface area contributed by atoms with E-state index in [0.29, 0.717) is 23.2 Å². The van der Waals surface area contributed by atoms with Crippen LogP contribution in [0.5, 0.6) is 5.75 Å². The number of carbonyl (C=O) groups excluding carboxylic acids is 1. The number of hydrogen-bond donors (Lipinski definition) is 2. The van der Waals surface area contributed by atoms with Gasteiger partial charge < -0.3 is 15.0 Å². The Morgan fingerprint density at radius 1 is 1.18 bits per heavy atom. The van der Waals surface area contributed by atoms with Crippen molar-refractivity contribution in [1.82, 2.24) is 14.6 Å². The minimum Gasteiger partial charge on any atom is -0.496 e. The Hall–Kier alpha value is -3.17. The van der Waals surface area contributed by atoms with E-state index in [0.717, 1.165) is 24.8 Å². The number of fused-ring (bicyclic) bond motifs is 1. The molecule has 3 aromatic rings. The fourth-order valence-corrected chi connectivity index (χ4v) is 5.99. The second-order valence-corrected chi connectivity index (χ2v) is 10.1. The molecule has 2 heterocycles. The third-order valence-electron chi connectivity index (χ3n) is 6.04. The number of rotatable bonds is 6. The van der Waals surface area contributed by atoms with Crippen molar-refractivity contribution in [3.8, 4) is 5.75 Å². The first-order valence-electron chi connectivity index (χ1n) is 10.9. The lowest BCUT2D eigenvalue weighted by molar-refractivity contribution is 0.0952. The summed E-state index contributed by atoms with van der Waals surface area (Å²) in [7, 11) is -2.17. The molecular weight excluding hydrogens is 442 g/mol. The highest BCUT2D eigenvalue weighted by Gasteiger charge is 2.31. The number of nitrogens with zero attached hydrogens (tertiary/aromatic N) is 1. The van der Waals surface area contributed by atoms with Gasteiger partial charge in [-0.25, -0.2) is 8.42 Å². The summed E-state index contributed by atoms with van der Waals surface area (Å²) >= 11 is 0. The Morgan fingerprint density at radius 2 is 1.97 bits per heavy atom. The molecule has 1 atom stereocenters. The number of methoxy groups -OCH3 is 1. The topological polar surface area (TPSA) is 109 Å². The van der Waals surface area contributed by atoms with Crippen molar-refractivity contribution in [2.24, 2.45) is 0 Å². The van der Waals surface area contributed by atoms with E-state index in [1.165, 1.54) is 28.6 Å². The number of aromatic nitrogens is 1. The van der Waals surface area contributed by atoms with E-state index in [1.807, 2.05) is 25.1 Å². The molecule has 2 N–H and O–H groups in total. The minimum absolute atomic E-state index is 0.0846. The maximum absolute atomic E-state index is 13.3. The first-order valence-corrected chi connectivity index (χ1v) is 12.3. The van der Waals surface area contributed by atoms with Crippen LogP contribution in [0, 0.1) is 0 Å². The number of H-pyrrole nitrogens is 1. The third kappa shape index (κ3) is 4.65. The molecule has 33 heavy (non-hydrogen) atoms. The second-order valence-electron chi connectivity index (χ2n) is 8.21. The number of ether oxygens (including phenoxy) is 1. The van der Waals surface area contributed by atoms with E-state index >= 15 is 0 Å². The van der Waals surface area contributed by atoms with Gasteiger partial charge in [0.15, 0.2) is 0 Å². The van der Waals surface area contributed by atoms with Crippen molar-refractivity contribution in [2.75, 3.05) is 13.7 Å². The zero-order valence-electron chi connectivity index (χ0n) is 18.6. The summed E-state index contributed by atoms with van der Waals surface area (Å²) in [6, 6.07) is 12.9. The quantitative estimate of drug-likeness (QED) is 0.577. The summed E-state index contributed by atoms with van der Waals surface area (Å²) in [5.74, 6) is 0.162. The molecule has 1 fully saturated rings. The highest BCUT2D eigenvalue weighted by atomic mass is 32.2. The van der Waals surface area contributed by atoms with Gasteiger partial charge in [-0.05, 0) is 44.0 Å². The van der Waals surface area contributed by atoms with Gasteiger partial charge in [0.05, 0.1) is 17.6 Å². The lowest BCUT2D eigenvalue weighted by Crippen LogP contribution is -2.41. The lowest BCUT2D eigenvalue weighted by atomic mass is 10.1. The predicted molar refractivity (Wildman–Crippen MR) is 126 cm³/mol.